The Morgan fingerprint density at radius 1 is 1.05 bits per heavy atom. The van der Waals surface area contributed by atoms with E-state index in [-0.39, 0.29) is 16.7 Å². The zero-order chi connectivity index (χ0) is 14.9. The molecule has 5 heteroatoms. The highest BCUT2D eigenvalue weighted by Crippen LogP contribution is 2.29. The number of benzene rings is 2. The molecule has 0 heterocycles. The molecule has 0 atom stereocenters. The average Bonchev–Trinajstić information content (AvgIpc) is 2.37. The zero-order valence-corrected chi connectivity index (χ0v) is 10.6. The molecule has 2 N–H and O–H groups in total. The minimum absolute atomic E-state index is 0.0810. The SMILES string of the molecule is Cc1c(C(=O)O)ccc(-c2cccc(F)c2)c1C(=O)O. The van der Waals surface area contributed by atoms with Gasteiger partial charge in [0.15, 0.2) is 0 Å². The fourth-order valence-corrected chi connectivity index (χ4v) is 2.12. The first-order valence-electron chi connectivity index (χ1n) is 5.78. The lowest BCUT2D eigenvalue weighted by Crippen LogP contribution is -2.09. The average molecular weight is 274 g/mol. The van der Waals surface area contributed by atoms with E-state index in [1.54, 1.807) is 6.07 Å². The Balaban J connectivity index is 2.74. The fourth-order valence-electron chi connectivity index (χ4n) is 2.12. The summed E-state index contributed by atoms with van der Waals surface area (Å²) in [6.07, 6.45) is 0. The molecule has 0 aliphatic carbocycles. The molecule has 0 amide bonds. The van der Waals surface area contributed by atoms with Crippen LogP contribution in [0.15, 0.2) is 36.4 Å². The topological polar surface area (TPSA) is 74.6 Å². The number of carboxylic acids is 2. The van der Waals surface area contributed by atoms with Crippen LogP contribution in [-0.2, 0) is 0 Å². The molecule has 0 aromatic heterocycles. The van der Waals surface area contributed by atoms with Gasteiger partial charge < -0.3 is 10.2 Å². The summed E-state index contributed by atoms with van der Waals surface area (Å²) in [7, 11) is 0. The van der Waals surface area contributed by atoms with Gasteiger partial charge in [0.1, 0.15) is 5.82 Å². The summed E-state index contributed by atoms with van der Waals surface area (Å²) >= 11 is 0. The van der Waals surface area contributed by atoms with E-state index in [1.807, 2.05) is 0 Å². The van der Waals surface area contributed by atoms with E-state index in [4.69, 9.17) is 5.11 Å². The number of hydrogen-bond donors (Lipinski definition) is 2. The van der Waals surface area contributed by atoms with Gasteiger partial charge in [-0.15, -0.1) is 0 Å². The van der Waals surface area contributed by atoms with Crippen molar-refractivity contribution < 1.29 is 24.2 Å². The quantitative estimate of drug-likeness (QED) is 0.901. The van der Waals surface area contributed by atoms with Crippen molar-refractivity contribution in [3.05, 3.63) is 58.9 Å². The van der Waals surface area contributed by atoms with Crippen LogP contribution in [0.25, 0.3) is 11.1 Å². The van der Waals surface area contributed by atoms with Gasteiger partial charge >= 0.3 is 11.9 Å². The van der Waals surface area contributed by atoms with E-state index in [9.17, 15) is 19.1 Å². The number of carboxylic acid groups (broad SMARTS) is 2. The molecular weight excluding hydrogens is 263 g/mol. The van der Waals surface area contributed by atoms with Crippen LogP contribution in [-0.4, -0.2) is 22.2 Å². The highest BCUT2D eigenvalue weighted by Gasteiger charge is 2.20. The van der Waals surface area contributed by atoms with Crippen LogP contribution in [0.1, 0.15) is 26.3 Å². The van der Waals surface area contributed by atoms with Crippen molar-refractivity contribution in [1.29, 1.82) is 0 Å². The lowest BCUT2D eigenvalue weighted by Gasteiger charge is -2.11. The third-order valence-electron chi connectivity index (χ3n) is 3.04. The molecule has 102 valence electrons. The molecule has 0 aliphatic rings. The Morgan fingerprint density at radius 2 is 1.75 bits per heavy atom. The lowest BCUT2D eigenvalue weighted by molar-refractivity contribution is 0.0696. The lowest BCUT2D eigenvalue weighted by atomic mass is 9.92. The first kappa shape index (κ1) is 13.7. The first-order valence-corrected chi connectivity index (χ1v) is 5.78. The molecule has 0 saturated heterocycles. The normalized spacial score (nSPS) is 10.3. The minimum Gasteiger partial charge on any atom is -0.478 e. The Bertz CT molecular complexity index is 707. The van der Waals surface area contributed by atoms with Crippen LogP contribution in [0, 0.1) is 12.7 Å². The number of aromatic carboxylic acids is 2. The molecule has 0 bridgehead atoms. The Morgan fingerprint density at radius 3 is 2.30 bits per heavy atom. The molecule has 4 nitrogen and oxygen atoms in total. The van der Waals surface area contributed by atoms with E-state index in [0.29, 0.717) is 11.1 Å². The molecular formula is C15H11FO4. The fraction of sp³-hybridized carbons (Fsp3) is 0.0667. The number of carbonyl (C=O) groups is 2. The van der Waals surface area contributed by atoms with Gasteiger partial charge in [0.2, 0.25) is 0 Å². The molecule has 0 radical (unpaired) electrons. The van der Waals surface area contributed by atoms with Gasteiger partial charge in [0, 0.05) is 0 Å². The molecule has 2 rings (SSSR count). The maximum absolute atomic E-state index is 13.3. The molecule has 20 heavy (non-hydrogen) atoms. The van der Waals surface area contributed by atoms with Crippen LogP contribution < -0.4 is 0 Å². The van der Waals surface area contributed by atoms with Gasteiger partial charge in [-0.2, -0.15) is 0 Å². The van der Waals surface area contributed by atoms with E-state index in [2.05, 4.69) is 0 Å². The first-order chi connectivity index (χ1) is 9.41. The van der Waals surface area contributed by atoms with Crippen molar-refractivity contribution in [3.8, 4) is 11.1 Å². The molecule has 0 spiro atoms. The second kappa shape index (κ2) is 5.13. The van der Waals surface area contributed by atoms with Crippen molar-refractivity contribution in [2.24, 2.45) is 0 Å². The smallest absolute Gasteiger partial charge is 0.336 e. The molecule has 2 aromatic carbocycles. The second-order valence-corrected chi connectivity index (χ2v) is 4.28. The largest absolute Gasteiger partial charge is 0.478 e. The highest BCUT2D eigenvalue weighted by molar-refractivity contribution is 6.02. The van der Waals surface area contributed by atoms with E-state index in [1.165, 1.54) is 37.3 Å². The van der Waals surface area contributed by atoms with Crippen molar-refractivity contribution in [2.75, 3.05) is 0 Å². The summed E-state index contributed by atoms with van der Waals surface area (Å²) in [4.78, 5) is 22.4. The molecule has 0 aliphatic heterocycles. The number of halogens is 1. The number of hydrogen-bond acceptors (Lipinski definition) is 2. The molecule has 2 aromatic rings. The summed E-state index contributed by atoms with van der Waals surface area (Å²) < 4.78 is 13.3. The standard InChI is InChI=1S/C15H11FO4/c1-8-11(14(17)18)5-6-12(13(8)15(19)20)9-3-2-4-10(16)7-9/h2-7H,1H3,(H,17,18)(H,19,20). The van der Waals surface area contributed by atoms with E-state index >= 15 is 0 Å². The van der Waals surface area contributed by atoms with Crippen LogP contribution in [0.4, 0.5) is 4.39 Å². The van der Waals surface area contributed by atoms with Gasteiger partial charge in [0.25, 0.3) is 0 Å². The van der Waals surface area contributed by atoms with Crippen molar-refractivity contribution in [2.45, 2.75) is 6.92 Å². The molecule has 0 unspecified atom stereocenters. The Labute approximate surface area is 114 Å². The van der Waals surface area contributed by atoms with Crippen molar-refractivity contribution in [1.82, 2.24) is 0 Å². The monoisotopic (exact) mass is 274 g/mol. The predicted octanol–water partition coefficient (Wildman–Crippen LogP) is 3.20. The Kier molecular flexibility index (Phi) is 3.52. The maximum atomic E-state index is 13.3. The van der Waals surface area contributed by atoms with Crippen LogP contribution >= 0.6 is 0 Å². The van der Waals surface area contributed by atoms with Crippen LogP contribution in [0.3, 0.4) is 0 Å². The predicted molar refractivity (Wildman–Crippen MR) is 70.5 cm³/mol. The van der Waals surface area contributed by atoms with Gasteiger partial charge in [-0.05, 0) is 41.8 Å². The van der Waals surface area contributed by atoms with Gasteiger partial charge in [-0.3, -0.25) is 0 Å². The Hall–Kier alpha value is -2.69. The van der Waals surface area contributed by atoms with Crippen LogP contribution in [0.2, 0.25) is 0 Å². The second-order valence-electron chi connectivity index (χ2n) is 4.28. The van der Waals surface area contributed by atoms with Crippen molar-refractivity contribution in [3.63, 3.8) is 0 Å². The van der Waals surface area contributed by atoms with E-state index in [0.717, 1.165) is 0 Å². The maximum Gasteiger partial charge on any atom is 0.336 e. The van der Waals surface area contributed by atoms with Gasteiger partial charge in [-0.25, -0.2) is 14.0 Å². The van der Waals surface area contributed by atoms with E-state index < -0.39 is 17.8 Å². The molecule has 0 fully saturated rings. The minimum atomic E-state index is -1.25. The van der Waals surface area contributed by atoms with Gasteiger partial charge in [0.05, 0.1) is 11.1 Å². The summed E-state index contributed by atoms with van der Waals surface area (Å²) in [5.41, 5.74) is 0.617. The summed E-state index contributed by atoms with van der Waals surface area (Å²) in [5.74, 6) is -2.93. The van der Waals surface area contributed by atoms with Gasteiger partial charge in [-0.1, -0.05) is 18.2 Å². The number of rotatable bonds is 3. The third kappa shape index (κ3) is 2.38. The van der Waals surface area contributed by atoms with Crippen LogP contribution in [0.5, 0.6) is 0 Å². The summed E-state index contributed by atoms with van der Waals surface area (Å²) in [6, 6.07) is 8.21. The zero-order valence-electron chi connectivity index (χ0n) is 10.6. The third-order valence-corrected chi connectivity index (χ3v) is 3.04. The van der Waals surface area contributed by atoms with Crippen molar-refractivity contribution >= 4 is 11.9 Å². The highest BCUT2D eigenvalue weighted by atomic mass is 19.1. The summed E-state index contributed by atoms with van der Waals surface area (Å²) in [5, 5.41) is 18.3. The summed E-state index contributed by atoms with van der Waals surface area (Å²) in [6.45, 7) is 1.43. The molecule has 0 saturated carbocycles.